The van der Waals surface area contributed by atoms with E-state index < -0.39 is 5.97 Å². The summed E-state index contributed by atoms with van der Waals surface area (Å²) >= 11 is 0. The molecule has 0 aliphatic carbocycles. The number of benzene rings is 2. The van der Waals surface area contributed by atoms with Gasteiger partial charge in [0.1, 0.15) is 11.6 Å². The lowest BCUT2D eigenvalue weighted by atomic mass is 9.99. The molecule has 4 rings (SSSR count). The first-order valence-corrected chi connectivity index (χ1v) is 8.44. The van der Waals surface area contributed by atoms with E-state index in [9.17, 15) is 5.11 Å². The lowest BCUT2D eigenvalue weighted by Crippen LogP contribution is -2.03. The van der Waals surface area contributed by atoms with Crippen molar-refractivity contribution in [1.29, 1.82) is 0 Å². The van der Waals surface area contributed by atoms with Gasteiger partial charge >= 0.3 is 0 Å². The zero-order valence-corrected chi connectivity index (χ0v) is 15.1. The Bertz CT molecular complexity index is 1050. The molecule has 5 N–H and O–H groups in total. The molecule has 3 aromatic rings. The number of aliphatic carboxylic acids is 1. The summed E-state index contributed by atoms with van der Waals surface area (Å²) in [6.45, 7) is 1.72. The third kappa shape index (κ3) is 4.61. The quantitative estimate of drug-likeness (QED) is 0.551. The van der Waals surface area contributed by atoms with E-state index in [1.54, 1.807) is 24.4 Å². The molecule has 8 heteroatoms. The van der Waals surface area contributed by atoms with Gasteiger partial charge in [-0.3, -0.25) is 9.79 Å². The van der Waals surface area contributed by atoms with Crippen molar-refractivity contribution in [2.75, 3.05) is 11.1 Å². The number of nitrogens with two attached hydrogens (primary N) is 1. The average Bonchev–Trinajstić information content (AvgIpc) is 3.04. The highest BCUT2D eigenvalue weighted by Gasteiger charge is 2.18. The molecule has 2 heterocycles. The molecule has 1 aliphatic heterocycles. The SMILES string of the molecule is CC(=O)O.Nc1nccc(Nc2ccc3c(c2)C(c2cccc(O)c2)=NC3)n1. The molecule has 2 aromatic carbocycles. The van der Waals surface area contributed by atoms with Gasteiger partial charge in [-0.2, -0.15) is 4.98 Å². The van der Waals surface area contributed by atoms with E-state index in [2.05, 4.69) is 20.3 Å². The Hall–Kier alpha value is -3.94. The maximum absolute atomic E-state index is 9.70. The number of fused-ring (bicyclic) bond motifs is 1. The van der Waals surface area contributed by atoms with Crippen molar-refractivity contribution in [3.63, 3.8) is 0 Å². The third-order valence-electron chi connectivity index (χ3n) is 3.84. The first-order valence-electron chi connectivity index (χ1n) is 8.44. The number of aromatic hydroxyl groups is 1. The second kappa shape index (κ2) is 8.17. The molecule has 1 aromatic heterocycles. The van der Waals surface area contributed by atoms with Crippen molar-refractivity contribution < 1.29 is 15.0 Å². The Morgan fingerprint density at radius 3 is 2.68 bits per heavy atom. The maximum atomic E-state index is 9.70. The predicted molar refractivity (Wildman–Crippen MR) is 107 cm³/mol. The number of phenolic OH excluding ortho intramolecular Hbond substituents is 1. The minimum atomic E-state index is -0.833. The van der Waals surface area contributed by atoms with Gasteiger partial charge in [-0.05, 0) is 35.9 Å². The smallest absolute Gasteiger partial charge is 0.300 e. The number of carboxylic acid groups (broad SMARTS) is 1. The van der Waals surface area contributed by atoms with E-state index in [0.29, 0.717) is 12.4 Å². The maximum Gasteiger partial charge on any atom is 0.300 e. The topological polar surface area (TPSA) is 134 Å². The number of hydrogen-bond acceptors (Lipinski definition) is 7. The van der Waals surface area contributed by atoms with Crippen LogP contribution in [-0.4, -0.2) is 31.9 Å². The standard InChI is InChI=1S/C18H15N5O.C2H4O2/c19-18-20-7-6-16(23-18)22-13-5-4-12-10-21-17(15(12)9-13)11-2-1-3-14(24)8-11;1-2(3)4/h1-9,24H,10H2,(H3,19,20,22,23);1H3,(H,3,4). The van der Waals surface area contributed by atoms with Crippen LogP contribution in [0.3, 0.4) is 0 Å². The van der Waals surface area contributed by atoms with Crippen molar-refractivity contribution in [1.82, 2.24) is 9.97 Å². The van der Waals surface area contributed by atoms with Crippen LogP contribution >= 0.6 is 0 Å². The predicted octanol–water partition coefficient (Wildman–Crippen LogP) is 2.95. The minimum absolute atomic E-state index is 0.225. The number of nitrogen functional groups attached to an aromatic ring is 1. The van der Waals surface area contributed by atoms with E-state index in [-0.39, 0.29) is 11.7 Å². The molecule has 0 saturated heterocycles. The Morgan fingerprint density at radius 2 is 1.96 bits per heavy atom. The lowest BCUT2D eigenvalue weighted by Gasteiger charge is -2.09. The fourth-order valence-electron chi connectivity index (χ4n) is 2.75. The number of anilines is 3. The van der Waals surface area contributed by atoms with E-state index in [0.717, 1.165) is 35.0 Å². The molecule has 0 saturated carbocycles. The fourth-order valence-corrected chi connectivity index (χ4v) is 2.75. The second-order valence-corrected chi connectivity index (χ2v) is 6.03. The number of carboxylic acids is 1. The van der Waals surface area contributed by atoms with Crippen LogP contribution in [0.15, 0.2) is 59.7 Å². The summed E-state index contributed by atoms with van der Waals surface area (Å²) < 4.78 is 0. The largest absolute Gasteiger partial charge is 0.508 e. The van der Waals surface area contributed by atoms with Crippen molar-refractivity contribution in [2.24, 2.45) is 4.99 Å². The van der Waals surface area contributed by atoms with Gasteiger partial charge in [0.15, 0.2) is 0 Å². The molecule has 142 valence electrons. The number of nitrogens with one attached hydrogen (secondary N) is 1. The molecule has 0 spiro atoms. The van der Waals surface area contributed by atoms with Crippen LogP contribution in [0, 0.1) is 0 Å². The van der Waals surface area contributed by atoms with Gasteiger partial charge in [-0.1, -0.05) is 18.2 Å². The van der Waals surface area contributed by atoms with Crippen molar-refractivity contribution in [3.8, 4) is 5.75 Å². The Balaban J connectivity index is 0.000000516. The molecule has 0 atom stereocenters. The monoisotopic (exact) mass is 377 g/mol. The molecule has 0 amide bonds. The number of phenols is 1. The van der Waals surface area contributed by atoms with E-state index in [1.165, 1.54) is 0 Å². The Kier molecular flexibility index (Phi) is 5.50. The summed E-state index contributed by atoms with van der Waals surface area (Å²) in [4.78, 5) is 21.6. The molecule has 0 unspecified atom stereocenters. The first kappa shape index (κ1) is 18.8. The van der Waals surface area contributed by atoms with Crippen molar-refractivity contribution in [2.45, 2.75) is 13.5 Å². The van der Waals surface area contributed by atoms with Crippen LogP contribution in [-0.2, 0) is 11.3 Å². The molecule has 1 aliphatic rings. The molecule has 0 radical (unpaired) electrons. The Morgan fingerprint density at radius 1 is 1.18 bits per heavy atom. The van der Waals surface area contributed by atoms with E-state index >= 15 is 0 Å². The van der Waals surface area contributed by atoms with Gasteiger partial charge in [0, 0.05) is 29.9 Å². The van der Waals surface area contributed by atoms with Crippen LogP contribution in [0.1, 0.15) is 23.6 Å². The number of aliphatic imine (C=N–C) groups is 1. The van der Waals surface area contributed by atoms with Gasteiger partial charge in [-0.15, -0.1) is 0 Å². The second-order valence-electron chi connectivity index (χ2n) is 6.03. The van der Waals surface area contributed by atoms with Crippen LogP contribution < -0.4 is 11.1 Å². The third-order valence-corrected chi connectivity index (χ3v) is 3.84. The van der Waals surface area contributed by atoms with Crippen molar-refractivity contribution >= 4 is 29.1 Å². The van der Waals surface area contributed by atoms with Gasteiger partial charge < -0.3 is 21.3 Å². The average molecular weight is 377 g/mol. The van der Waals surface area contributed by atoms with Crippen LogP contribution in [0.4, 0.5) is 17.5 Å². The highest BCUT2D eigenvalue weighted by molar-refractivity contribution is 6.15. The molecular formula is C20H19N5O3. The van der Waals surface area contributed by atoms with Crippen LogP contribution in [0.2, 0.25) is 0 Å². The Labute approximate surface area is 161 Å². The summed E-state index contributed by atoms with van der Waals surface area (Å²) in [6, 6.07) is 14.9. The van der Waals surface area contributed by atoms with Crippen molar-refractivity contribution in [3.05, 3.63) is 71.4 Å². The highest BCUT2D eigenvalue weighted by Crippen LogP contribution is 2.28. The number of nitrogens with zero attached hydrogens (tertiary/aromatic N) is 3. The van der Waals surface area contributed by atoms with Gasteiger partial charge in [0.2, 0.25) is 5.95 Å². The summed E-state index contributed by atoms with van der Waals surface area (Å²) in [6.07, 6.45) is 1.61. The first-order chi connectivity index (χ1) is 13.4. The van der Waals surface area contributed by atoms with Crippen LogP contribution in [0.5, 0.6) is 5.75 Å². The molecular weight excluding hydrogens is 358 g/mol. The number of carbonyl (C=O) groups is 1. The molecule has 0 bridgehead atoms. The normalized spacial score (nSPS) is 11.7. The van der Waals surface area contributed by atoms with Crippen LogP contribution in [0.25, 0.3) is 0 Å². The minimum Gasteiger partial charge on any atom is -0.508 e. The van der Waals surface area contributed by atoms with E-state index in [1.807, 2.05) is 30.3 Å². The van der Waals surface area contributed by atoms with Gasteiger partial charge in [0.25, 0.3) is 5.97 Å². The zero-order valence-electron chi connectivity index (χ0n) is 15.1. The van der Waals surface area contributed by atoms with E-state index in [4.69, 9.17) is 15.6 Å². The number of hydrogen-bond donors (Lipinski definition) is 4. The summed E-state index contributed by atoms with van der Waals surface area (Å²) in [5.74, 6) is 0.258. The zero-order chi connectivity index (χ0) is 20.1. The summed E-state index contributed by atoms with van der Waals surface area (Å²) in [7, 11) is 0. The number of rotatable bonds is 3. The molecule has 0 fully saturated rings. The summed E-state index contributed by atoms with van der Waals surface area (Å²) in [5, 5.41) is 20.3. The summed E-state index contributed by atoms with van der Waals surface area (Å²) in [5.41, 5.74) is 10.5. The number of aromatic nitrogens is 2. The fraction of sp³-hybridized carbons (Fsp3) is 0.100. The van der Waals surface area contributed by atoms with Gasteiger partial charge in [-0.25, -0.2) is 4.98 Å². The molecule has 28 heavy (non-hydrogen) atoms. The van der Waals surface area contributed by atoms with Gasteiger partial charge in [0.05, 0.1) is 12.3 Å². The molecule has 8 nitrogen and oxygen atoms in total. The lowest BCUT2D eigenvalue weighted by molar-refractivity contribution is -0.134. The highest BCUT2D eigenvalue weighted by atomic mass is 16.4.